The zero-order valence-corrected chi connectivity index (χ0v) is 5.61. The molecule has 0 aromatic rings. The Hall–Kier alpha value is -0.350. The molecule has 0 atom stereocenters. The molecule has 0 aliphatic heterocycles. The Kier molecular flexibility index (Phi) is 6.36. The van der Waals surface area contributed by atoms with Gasteiger partial charge in [-0.2, -0.15) is 8.42 Å². The molecule has 3 nitrogen and oxygen atoms in total. The molecule has 0 heterocycles. The van der Waals surface area contributed by atoms with Crippen molar-refractivity contribution in [1.29, 1.82) is 0 Å². The summed E-state index contributed by atoms with van der Waals surface area (Å²) in [6, 6.07) is 0. The highest BCUT2D eigenvalue weighted by molar-refractivity contribution is 7.85. The highest BCUT2D eigenvalue weighted by Gasteiger charge is 1.93. The molecule has 0 unspecified atom stereocenters. The van der Waals surface area contributed by atoms with Crippen molar-refractivity contribution in [2.24, 2.45) is 0 Å². The number of hydrogen-bond acceptors (Lipinski definition) is 2. The third-order valence-corrected chi connectivity index (χ3v) is 1.09. The van der Waals surface area contributed by atoms with Crippen molar-refractivity contribution < 1.29 is 13.0 Å². The van der Waals surface area contributed by atoms with Crippen LogP contribution in [0.2, 0.25) is 0 Å². The first kappa shape index (κ1) is 10.6. The van der Waals surface area contributed by atoms with Gasteiger partial charge in [0.1, 0.15) is 0 Å². The molecule has 0 aromatic carbocycles. The fourth-order valence-electron chi connectivity index (χ4n) is 0. The largest absolute Gasteiger partial charge is 0.286 e. The summed E-state index contributed by atoms with van der Waals surface area (Å²) in [5.41, 5.74) is 0. The highest BCUT2D eigenvalue weighted by Crippen LogP contribution is 1.74. The zero-order valence-electron chi connectivity index (χ0n) is 4.79. The van der Waals surface area contributed by atoms with Crippen LogP contribution in [-0.2, 0) is 10.1 Å². The summed E-state index contributed by atoms with van der Waals surface area (Å²) in [5.74, 6) is -0.201. The van der Waals surface area contributed by atoms with Crippen molar-refractivity contribution in [3.05, 3.63) is 13.2 Å². The van der Waals surface area contributed by atoms with E-state index in [-0.39, 0.29) is 5.75 Å². The Morgan fingerprint density at radius 1 is 1.50 bits per heavy atom. The quantitative estimate of drug-likeness (QED) is 0.428. The van der Waals surface area contributed by atoms with Crippen LogP contribution in [0.4, 0.5) is 0 Å². The third-order valence-electron chi connectivity index (χ3n) is 0.365. The fourth-order valence-corrected chi connectivity index (χ4v) is 0. The van der Waals surface area contributed by atoms with Crippen LogP contribution in [0.1, 0.15) is 6.92 Å². The van der Waals surface area contributed by atoms with E-state index in [1.165, 1.54) is 6.92 Å². The second-order valence-electron chi connectivity index (χ2n) is 0.871. The minimum absolute atomic E-state index is 0.201. The molecular formula is C4H10O3S. The Balaban J connectivity index is 0. The van der Waals surface area contributed by atoms with Crippen molar-refractivity contribution in [1.82, 2.24) is 0 Å². The van der Waals surface area contributed by atoms with Crippen LogP contribution < -0.4 is 0 Å². The van der Waals surface area contributed by atoms with Gasteiger partial charge in [0.15, 0.2) is 0 Å². The molecular weight excluding hydrogens is 128 g/mol. The van der Waals surface area contributed by atoms with E-state index in [1.807, 2.05) is 0 Å². The molecule has 0 aliphatic rings. The van der Waals surface area contributed by atoms with Crippen molar-refractivity contribution in [3.8, 4) is 0 Å². The van der Waals surface area contributed by atoms with Crippen LogP contribution >= 0.6 is 0 Å². The molecule has 0 saturated carbocycles. The van der Waals surface area contributed by atoms with Crippen LogP contribution in [-0.4, -0.2) is 18.7 Å². The zero-order chi connectivity index (χ0) is 7.21. The standard InChI is InChI=1S/C2H6O3S.C2H4/c1-2-6(3,4)5;1-2/h2H2,1H3,(H,3,4,5);1-2H2. The Bertz CT molecular complexity index is 124. The Morgan fingerprint density at radius 2 is 1.62 bits per heavy atom. The SMILES string of the molecule is C=C.CCS(=O)(=O)O. The molecule has 0 aliphatic carbocycles. The van der Waals surface area contributed by atoms with Crippen molar-refractivity contribution in [2.75, 3.05) is 5.75 Å². The van der Waals surface area contributed by atoms with Crippen LogP contribution in [0, 0.1) is 0 Å². The first-order valence-corrected chi connectivity index (χ1v) is 3.62. The van der Waals surface area contributed by atoms with E-state index < -0.39 is 10.1 Å². The van der Waals surface area contributed by atoms with E-state index >= 15 is 0 Å². The maximum Gasteiger partial charge on any atom is 0.264 e. The molecule has 8 heavy (non-hydrogen) atoms. The van der Waals surface area contributed by atoms with Crippen molar-refractivity contribution in [3.63, 3.8) is 0 Å². The summed E-state index contributed by atoms with van der Waals surface area (Å²) < 4.78 is 26.9. The minimum Gasteiger partial charge on any atom is -0.286 e. The van der Waals surface area contributed by atoms with Gasteiger partial charge in [-0.25, -0.2) is 0 Å². The van der Waals surface area contributed by atoms with Crippen molar-refractivity contribution >= 4 is 10.1 Å². The van der Waals surface area contributed by atoms with Crippen LogP contribution in [0.3, 0.4) is 0 Å². The average Bonchev–Trinajstić information content (AvgIpc) is 1.71. The van der Waals surface area contributed by atoms with E-state index in [2.05, 4.69) is 13.2 Å². The maximum absolute atomic E-state index is 9.56. The number of rotatable bonds is 1. The maximum atomic E-state index is 9.56. The summed E-state index contributed by atoms with van der Waals surface area (Å²) in [6.45, 7) is 7.37. The lowest BCUT2D eigenvalue weighted by molar-refractivity contribution is 0.484. The van der Waals surface area contributed by atoms with Crippen LogP contribution in [0.5, 0.6) is 0 Å². The molecule has 0 radical (unpaired) electrons. The van der Waals surface area contributed by atoms with E-state index in [4.69, 9.17) is 4.55 Å². The first-order chi connectivity index (χ1) is 3.56. The number of hydrogen-bond donors (Lipinski definition) is 1. The van der Waals surface area contributed by atoms with Gasteiger partial charge in [0.25, 0.3) is 10.1 Å². The van der Waals surface area contributed by atoms with Crippen molar-refractivity contribution in [2.45, 2.75) is 6.92 Å². The predicted octanol–water partition coefficient (Wildman–Crippen LogP) is 0.696. The summed E-state index contributed by atoms with van der Waals surface area (Å²) >= 11 is 0. The molecule has 0 rings (SSSR count). The lowest BCUT2D eigenvalue weighted by Crippen LogP contribution is -1.97. The second kappa shape index (κ2) is 4.80. The summed E-state index contributed by atoms with van der Waals surface area (Å²) in [7, 11) is -3.66. The Morgan fingerprint density at radius 3 is 1.62 bits per heavy atom. The summed E-state index contributed by atoms with van der Waals surface area (Å²) in [4.78, 5) is 0. The third kappa shape index (κ3) is 17.4. The van der Waals surface area contributed by atoms with Gasteiger partial charge in [-0.05, 0) is 6.92 Å². The van der Waals surface area contributed by atoms with Gasteiger partial charge in [-0.3, -0.25) is 4.55 Å². The molecule has 0 saturated heterocycles. The highest BCUT2D eigenvalue weighted by atomic mass is 32.2. The molecule has 0 fully saturated rings. The van der Waals surface area contributed by atoms with Gasteiger partial charge >= 0.3 is 0 Å². The van der Waals surface area contributed by atoms with E-state index in [1.54, 1.807) is 0 Å². The second-order valence-corrected chi connectivity index (χ2v) is 2.61. The van der Waals surface area contributed by atoms with Gasteiger partial charge in [0.2, 0.25) is 0 Å². The molecule has 0 bridgehead atoms. The Labute approximate surface area is 49.8 Å². The van der Waals surface area contributed by atoms with Gasteiger partial charge in [-0.1, -0.05) is 0 Å². The summed E-state index contributed by atoms with van der Waals surface area (Å²) in [6.07, 6.45) is 0. The molecule has 0 spiro atoms. The monoisotopic (exact) mass is 138 g/mol. The lowest BCUT2D eigenvalue weighted by atomic mass is 11.0. The molecule has 50 valence electrons. The van der Waals surface area contributed by atoms with Gasteiger partial charge in [0, 0.05) is 0 Å². The van der Waals surface area contributed by atoms with Gasteiger partial charge in [-0.15, -0.1) is 13.2 Å². The fraction of sp³-hybridized carbons (Fsp3) is 0.500. The average molecular weight is 138 g/mol. The topological polar surface area (TPSA) is 54.4 Å². The summed E-state index contributed by atoms with van der Waals surface area (Å²) in [5, 5.41) is 0. The first-order valence-electron chi connectivity index (χ1n) is 2.01. The van der Waals surface area contributed by atoms with Crippen LogP contribution in [0.25, 0.3) is 0 Å². The van der Waals surface area contributed by atoms with E-state index in [0.717, 1.165) is 0 Å². The van der Waals surface area contributed by atoms with E-state index in [0.29, 0.717) is 0 Å². The van der Waals surface area contributed by atoms with Gasteiger partial charge < -0.3 is 0 Å². The predicted molar refractivity (Wildman–Crippen MR) is 33.3 cm³/mol. The molecule has 4 heteroatoms. The van der Waals surface area contributed by atoms with E-state index in [9.17, 15) is 8.42 Å². The van der Waals surface area contributed by atoms with Gasteiger partial charge in [0.05, 0.1) is 5.75 Å². The molecule has 1 N–H and O–H groups in total. The van der Waals surface area contributed by atoms with Crippen LogP contribution in [0.15, 0.2) is 13.2 Å². The normalized spacial score (nSPS) is 9.25. The molecule has 0 amide bonds. The lowest BCUT2D eigenvalue weighted by Gasteiger charge is -1.79. The molecule has 0 aromatic heterocycles. The smallest absolute Gasteiger partial charge is 0.264 e. The minimum atomic E-state index is -3.66.